The lowest BCUT2D eigenvalue weighted by Gasteiger charge is -2.12. The molecule has 1 aromatic carbocycles. The van der Waals surface area contributed by atoms with Crippen LogP contribution in [-0.2, 0) is 4.79 Å². The van der Waals surface area contributed by atoms with Crippen LogP contribution in [-0.4, -0.2) is 30.6 Å². The van der Waals surface area contributed by atoms with Crippen molar-refractivity contribution in [3.63, 3.8) is 0 Å². The van der Waals surface area contributed by atoms with Crippen molar-refractivity contribution in [1.82, 2.24) is 10.6 Å². The van der Waals surface area contributed by atoms with Crippen LogP contribution in [0.1, 0.15) is 24.5 Å². The van der Waals surface area contributed by atoms with Gasteiger partial charge in [0.05, 0.1) is 12.6 Å². The third kappa shape index (κ3) is 4.96. The molecule has 1 unspecified atom stereocenters. The molecule has 0 aliphatic heterocycles. The second-order valence-corrected chi connectivity index (χ2v) is 4.95. The lowest BCUT2D eigenvalue weighted by molar-refractivity contribution is -0.120. The Balaban J connectivity index is 1.65. The van der Waals surface area contributed by atoms with Gasteiger partial charge in [-0.1, -0.05) is 12.1 Å². The zero-order valence-electron chi connectivity index (χ0n) is 10.7. The monoisotopic (exact) mass is 266 g/mol. The number of carbonyl (C=O) groups excluding carboxylic acids is 1. The fourth-order valence-electron chi connectivity index (χ4n) is 1.79. The van der Waals surface area contributed by atoms with Gasteiger partial charge >= 0.3 is 0 Å². The number of nitrogens with one attached hydrogen (secondary N) is 2. The number of benzene rings is 1. The van der Waals surface area contributed by atoms with Crippen molar-refractivity contribution in [2.45, 2.75) is 18.9 Å². The zero-order chi connectivity index (χ0) is 13.7. The summed E-state index contributed by atoms with van der Waals surface area (Å²) in [6.45, 7) is 1.29. The maximum Gasteiger partial charge on any atom is 0.234 e. The second-order valence-electron chi connectivity index (χ2n) is 4.95. The Bertz CT molecular complexity index is 418. The predicted molar refractivity (Wildman–Crippen MR) is 70.0 cm³/mol. The van der Waals surface area contributed by atoms with E-state index >= 15 is 0 Å². The lowest BCUT2D eigenvalue weighted by atomic mass is 10.1. The number of aliphatic hydroxyl groups excluding tert-OH is 1. The molecule has 1 fully saturated rings. The zero-order valence-corrected chi connectivity index (χ0v) is 10.7. The number of carbonyl (C=O) groups is 1. The normalized spacial score (nSPS) is 16.1. The van der Waals surface area contributed by atoms with Gasteiger partial charge in [0.2, 0.25) is 5.91 Å². The highest BCUT2D eigenvalue weighted by molar-refractivity contribution is 5.78. The van der Waals surface area contributed by atoms with E-state index in [1.54, 1.807) is 0 Å². The Morgan fingerprint density at radius 2 is 2.05 bits per heavy atom. The number of amides is 1. The minimum Gasteiger partial charge on any atom is -0.387 e. The highest BCUT2D eigenvalue weighted by atomic mass is 19.1. The summed E-state index contributed by atoms with van der Waals surface area (Å²) >= 11 is 0. The van der Waals surface area contributed by atoms with E-state index in [-0.39, 0.29) is 24.8 Å². The Hall–Kier alpha value is -1.46. The average Bonchev–Trinajstić information content (AvgIpc) is 3.21. The molecule has 1 saturated carbocycles. The van der Waals surface area contributed by atoms with Crippen LogP contribution in [0.15, 0.2) is 24.3 Å². The first-order valence-electron chi connectivity index (χ1n) is 6.56. The molecule has 0 heterocycles. The van der Waals surface area contributed by atoms with E-state index in [2.05, 4.69) is 10.6 Å². The molecule has 104 valence electrons. The highest BCUT2D eigenvalue weighted by Gasteiger charge is 2.20. The molecule has 2 rings (SSSR count). The number of hydrogen-bond donors (Lipinski definition) is 3. The SMILES string of the molecule is O=C(CNCC1CC1)NCC(O)c1ccc(F)cc1. The molecule has 4 nitrogen and oxygen atoms in total. The Labute approximate surface area is 112 Å². The molecular formula is C14H19FN2O2. The van der Waals surface area contributed by atoms with E-state index < -0.39 is 6.10 Å². The molecule has 0 aromatic heterocycles. The molecule has 0 radical (unpaired) electrons. The van der Waals surface area contributed by atoms with Crippen molar-refractivity contribution < 1.29 is 14.3 Å². The molecule has 5 heteroatoms. The molecule has 1 aliphatic carbocycles. The van der Waals surface area contributed by atoms with Crippen molar-refractivity contribution >= 4 is 5.91 Å². The van der Waals surface area contributed by atoms with Gasteiger partial charge in [0.15, 0.2) is 0 Å². The minimum atomic E-state index is -0.812. The fourth-order valence-corrected chi connectivity index (χ4v) is 1.79. The van der Waals surface area contributed by atoms with Gasteiger partial charge in [-0.25, -0.2) is 4.39 Å². The molecule has 3 N–H and O–H groups in total. The Morgan fingerprint density at radius 3 is 2.68 bits per heavy atom. The quantitative estimate of drug-likeness (QED) is 0.689. The van der Waals surface area contributed by atoms with Crippen molar-refractivity contribution in [3.05, 3.63) is 35.6 Å². The molecular weight excluding hydrogens is 247 g/mol. The maximum atomic E-state index is 12.7. The molecule has 19 heavy (non-hydrogen) atoms. The van der Waals surface area contributed by atoms with E-state index in [0.29, 0.717) is 5.56 Å². The first-order valence-corrected chi connectivity index (χ1v) is 6.56. The summed E-state index contributed by atoms with van der Waals surface area (Å²) in [6, 6.07) is 5.60. The third-order valence-corrected chi connectivity index (χ3v) is 3.16. The van der Waals surface area contributed by atoms with Gasteiger partial charge in [0.1, 0.15) is 5.82 Å². The first kappa shape index (κ1) is 14.0. The standard InChI is InChI=1S/C14H19FN2O2/c15-12-5-3-11(4-6-12)13(18)8-17-14(19)9-16-7-10-1-2-10/h3-6,10,13,16,18H,1-2,7-9H2,(H,17,19). The molecule has 1 atom stereocenters. The van der Waals surface area contributed by atoms with Gasteiger partial charge in [-0.3, -0.25) is 4.79 Å². The van der Waals surface area contributed by atoms with E-state index in [4.69, 9.17) is 0 Å². The van der Waals surface area contributed by atoms with Crippen molar-refractivity contribution in [2.75, 3.05) is 19.6 Å². The van der Waals surface area contributed by atoms with E-state index in [1.165, 1.54) is 37.1 Å². The molecule has 1 aliphatic rings. The van der Waals surface area contributed by atoms with Crippen LogP contribution >= 0.6 is 0 Å². The number of halogens is 1. The van der Waals surface area contributed by atoms with Crippen molar-refractivity contribution in [3.8, 4) is 0 Å². The molecule has 1 aromatic rings. The summed E-state index contributed by atoms with van der Waals surface area (Å²) in [5, 5.41) is 15.5. The van der Waals surface area contributed by atoms with E-state index in [1.807, 2.05) is 0 Å². The van der Waals surface area contributed by atoms with Gasteiger partial charge in [-0.2, -0.15) is 0 Å². The van der Waals surface area contributed by atoms with Crippen molar-refractivity contribution in [2.24, 2.45) is 5.92 Å². The number of hydrogen-bond acceptors (Lipinski definition) is 3. The molecule has 0 saturated heterocycles. The smallest absolute Gasteiger partial charge is 0.234 e. The van der Waals surface area contributed by atoms with E-state index in [0.717, 1.165) is 12.5 Å². The summed E-state index contributed by atoms with van der Waals surface area (Å²) in [5.41, 5.74) is 0.590. The molecule has 0 spiro atoms. The largest absolute Gasteiger partial charge is 0.387 e. The summed E-state index contributed by atoms with van der Waals surface area (Å²) in [6.07, 6.45) is 1.68. The maximum absolute atomic E-state index is 12.7. The highest BCUT2D eigenvalue weighted by Crippen LogP contribution is 2.27. The average molecular weight is 266 g/mol. The van der Waals surface area contributed by atoms with Crippen LogP contribution in [0.5, 0.6) is 0 Å². The summed E-state index contributed by atoms with van der Waals surface area (Å²) in [4.78, 5) is 11.5. The fraction of sp³-hybridized carbons (Fsp3) is 0.500. The van der Waals surface area contributed by atoms with Crippen LogP contribution in [0.4, 0.5) is 4.39 Å². The van der Waals surface area contributed by atoms with Gasteiger partial charge in [-0.15, -0.1) is 0 Å². The van der Waals surface area contributed by atoms with Gasteiger partial charge in [0.25, 0.3) is 0 Å². The second kappa shape index (κ2) is 6.63. The van der Waals surface area contributed by atoms with Crippen LogP contribution < -0.4 is 10.6 Å². The topological polar surface area (TPSA) is 61.4 Å². The first-order chi connectivity index (χ1) is 9.15. The van der Waals surface area contributed by atoms with Crippen molar-refractivity contribution in [1.29, 1.82) is 0 Å². The van der Waals surface area contributed by atoms with Gasteiger partial charge in [-0.05, 0) is 43.0 Å². The summed E-state index contributed by atoms with van der Waals surface area (Å²) < 4.78 is 12.7. The van der Waals surface area contributed by atoms with Crippen LogP contribution in [0.2, 0.25) is 0 Å². The number of rotatable bonds is 7. The predicted octanol–water partition coefficient (Wildman–Crippen LogP) is 0.975. The minimum absolute atomic E-state index is 0.134. The van der Waals surface area contributed by atoms with Crippen LogP contribution in [0, 0.1) is 11.7 Å². The summed E-state index contributed by atoms with van der Waals surface area (Å²) in [5.74, 6) is 0.253. The Morgan fingerprint density at radius 1 is 1.37 bits per heavy atom. The van der Waals surface area contributed by atoms with Gasteiger partial charge < -0.3 is 15.7 Å². The van der Waals surface area contributed by atoms with Crippen LogP contribution in [0.25, 0.3) is 0 Å². The molecule has 1 amide bonds. The Kier molecular flexibility index (Phi) is 4.87. The van der Waals surface area contributed by atoms with Crippen LogP contribution in [0.3, 0.4) is 0 Å². The third-order valence-electron chi connectivity index (χ3n) is 3.16. The lowest BCUT2D eigenvalue weighted by Crippen LogP contribution is -2.36. The summed E-state index contributed by atoms with van der Waals surface area (Å²) in [7, 11) is 0. The molecule has 0 bridgehead atoms. The number of aliphatic hydroxyl groups is 1. The van der Waals surface area contributed by atoms with Gasteiger partial charge in [0, 0.05) is 6.54 Å². The van der Waals surface area contributed by atoms with E-state index in [9.17, 15) is 14.3 Å².